The molecule has 1 aliphatic heterocycles. The summed E-state index contributed by atoms with van der Waals surface area (Å²) in [5.41, 5.74) is 0.989. The van der Waals surface area contributed by atoms with E-state index in [2.05, 4.69) is 4.99 Å². The maximum absolute atomic E-state index is 12.3. The summed E-state index contributed by atoms with van der Waals surface area (Å²) in [6.45, 7) is 3.72. The molecule has 0 aromatic carbocycles. The molecular formula is C14H17N3O5S. The van der Waals surface area contributed by atoms with Crippen molar-refractivity contribution in [2.24, 2.45) is 4.99 Å². The quantitative estimate of drug-likeness (QED) is 0.472. The van der Waals surface area contributed by atoms with Crippen molar-refractivity contribution in [1.82, 2.24) is 4.90 Å². The van der Waals surface area contributed by atoms with Crippen LogP contribution in [0.3, 0.4) is 0 Å². The van der Waals surface area contributed by atoms with Crippen LogP contribution in [0.15, 0.2) is 32.8 Å². The van der Waals surface area contributed by atoms with E-state index in [9.17, 15) is 14.9 Å². The lowest BCUT2D eigenvalue weighted by Gasteiger charge is -2.30. The Hall–Kier alpha value is -2.29. The molecule has 0 spiro atoms. The summed E-state index contributed by atoms with van der Waals surface area (Å²) in [5.74, 6) is -0.663. The molecule has 0 unspecified atom stereocenters. The molecular weight excluding hydrogens is 322 g/mol. The largest absolute Gasteiger partial charge is 0.463 e. The highest BCUT2D eigenvalue weighted by Crippen LogP contribution is 2.37. The first-order chi connectivity index (χ1) is 10.9. The second-order valence-corrected chi connectivity index (χ2v) is 5.50. The number of amidine groups is 1. The van der Waals surface area contributed by atoms with Crippen LogP contribution in [-0.4, -0.2) is 40.9 Å². The SMILES string of the molecule is CCOC(=O)C1=C(C)N(C)C(SC)=N[C@@H]1c1ccc([N+](=O)[O-])o1. The number of ether oxygens (including phenoxy) is 1. The van der Waals surface area contributed by atoms with E-state index in [1.165, 1.54) is 23.9 Å². The normalized spacial score (nSPS) is 18.0. The number of furan rings is 1. The van der Waals surface area contributed by atoms with E-state index in [4.69, 9.17) is 9.15 Å². The zero-order valence-electron chi connectivity index (χ0n) is 13.2. The second-order valence-electron chi connectivity index (χ2n) is 4.73. The summed E-state index contributed by atoms with van der Waals surface area (Å²) in [7, 11) is 1.80. The summed E-state index contributed by atoms with van der Waals surface area (Å²) >= 11 is 1.41. The zero-order chi connectivity index (χ0) is 17.1. The van der Waals surface area contributed by atoms with Crippen molar-refractivity contribution in [1.29, 1.82) is 0 Å². The van der Waals surface area contributed by atoms with Crippen molar-refractivity contribution in [3.8, 4) is 0 Å². The summed E-state index contributed by atoms with van der Waals surface area (Å²) in [6.07, 6.45) is 1.86. The summed E-state index contributed by atoms with van der Waals surface area (Å²) in [6, 6.07) is 1.95. The lowest BCUT2D eigenvalue weighted by atomic mass is 10.0. The third kappa shape index (κ3) is 3.24. The first kappa shape index (κ1) is 17.1. The fraction of sp³-hybridized carbons (Fsp3) is 0.429. The van der Waals surface area contributed by atoms with Crippen LogP contribution in [0.25, 0.3) is 0 Å². The average Bonchev–Trinajstić information content (AvgIpc) is 2.99. The number of esters is 1. The molecule has 0 radical (unpaired) electrons. The molecule has 0 aliphatic carbocycles. The first-order valence-electron chi connectivity index (χ1n) is 6.88. The molecule has 0 N–H and O–H groups in total. The third-order valence-corrected chi connectivity index (χ3v) is 4.18. The number of carbonyl (C=O) groups excluding carboxylic acids is 1. The number of nitro groups is 1. The van der Waals surface area contributed by atoms with Gasteiger partial charge in [-0.15, -0.1) is 0 Å². The fourth-order valence-electron chi connectivity index (χ4n) is 2.23. The van der Waals surface area contributed by atoms with Gasteiger partial charge < -0.3 is 14.1 Å². The predicted octanol–water partition coefficient (Wildman–Crippen LogP) is 2.73. The average molecular weight is 339 g/mol. The minimum atomic E-state index is -0.763. The highest BCUT2D eigenvalue weighted by Gasteiger charge is 2.35. The fourth-order valence-corrected chi connectivity index (χ4v) is 2.86. The van der Waals surface area contributed by atoms with Gasteiger partial charge in [0.2, 0.25) is 0 Å². The van der Waals surface area contributed by atoms with Crippen LogP contribution in [0.4, 0.5) is 5.88 Å². The molecule has 1 aromatic rings. The monoisotopic (exact) mass is 339 g/mol. The molecule has 23 heavy (non-hydrogen) atoms. The highest BCUT2D eigenvalue weighted by atomic mass is 32.2. The molecule has 0 amide bonds. The molecule has 1 aromatic heterocycles. The Kier molecular flexibility index (Phi) is 5.09. The summed E-state index contributed by atoms with van der Waals surface area (Å²) in [4.78, 5) is 28.8. The molecule has 1 atom stereocenters. The highest BCUT2D eigenvalue weighted by molar-refractivity contribution is 8.13. The minimum Gasteiger partial charge on any atom is -0.463 e. The van der Waals surface area contributed by atoms with Gasteiger partial charge in [0, 0.05) is 12.7 Å². The van der Waals surface area contributed by atoms with Gasteiger partial charge in [0.25, 0.3) is 0 Å². The molecule has 0 saturated heterocycles. The Bertz CT molecular complexity index is 694. The third-order valence-electron chi connectivity index (χ3n) is 3.43. The van der Waals surface area contributed by atoms with E-state index in [-0.39, 0.29) is 18.3 Å². The van der Waals surface area contributed by atoms with Gasteiger partial charge in [0.1, 0.15) is 16.7 Å². The van der Waals surface area contributed by atoms with Crippen LogP contribution in [0.2, 0.25) is 0 Å². The van der Waals surface area contributed by atoms with E-state index in [0.717, 1.165) is 0 Å². The van der Waals surface area contributed by atoms with Crippen molar-refractivity contribution in [2.75, 3.05) is 19.9 Å². The summed E-state index contributed by atoms with van der Waals surface area (Å²) in [5, 5.41) is 11.5. The van der Waals surface area contributed by atoms with Gasteiger partial charge in [0.15, 0.2) is 5.17 Å². The van der Waals surface area contributed by atoms with Gasteiger partial charge in [-0.2, -0.15) is 0 Å². The van der Waals surface area contributed by atoms with Crippen molar-refractivity contribution < 1.29 is 18.9 Å². The Morgan fingerprint density at radius 3 is 2.78 bits per heavy atom. The predicted molar refractivity (Wildman–Crippen MR) is 86.1 cm³/mol. The topological polar surface area (TPSA) is 98.2 Å². The number of hydrogen-bond acceptors (Lipinski definition) is 8. The standard InChI is InChI=1S/C14H17N3O5S/c1-5-21-13(18)11-8(2)16(3)14(23-4)15-12(11)9-6-7-10(22-9)17(19)20/h6-7,12H,5H2,1-4H3/t12-/m1/s1. The lowest BCUT2D eigenvalue weighted by molar-refractivity contribution is -0.402. The van der Waals surface area contributed by atoms with Crippen LogP contribution in [0.5, 0.6) is 0 Å². The Morgan fingerprint density at radius 2 is 2.26 bits per heavy atom. The summed E-state index contributed by atoms with van der Waals surface area (Å²) < 4.78 is 10.3. The number of aliphatic imine (C=N–C) groups is 1. The maximum Gasteiger partial charge on any atom is 0.433 e. The lowest BCUT2D eigenvalue weighted by Crippen LogP contribution is -2.32. The van der Waals surface area contributed by atoms with E-state index in [0.29, 0.717) is 16.4 Å². The van der Waals surface area contributed by atoms with Crippen LogP contribution in [0.1, 0.15) is 25.6 Å². The molecule has 1 aliphatic rings. The minimum absolute atomic E-state index is 0.226. The molecule has 2 rings (SSSR count). The van der Waals surface area contributed by atoms with Gasteiger partial charge in [-0.1, -0.05) is 11.8 Å². The number of carbonyl (C=O) groups is 1. The van der Waals surface area contributed by atoms with E-state index < -0.39 is 16.9 Å². The van der Waals surface area contributed by atoms with Crippen molar-refractivity contribution in [3.05, 3.63) is 39.3 Å². The number of rotatable bonds is 4. The van der Waals surface area contributed by atoms with Crippen molar-refractivity contribution in [3.63, 3.8) is 0 Å². The van der Waals surface area contributed by atoms with Gasteiger partial charge in [-0.05, 0) is 26.2 Å². The van der Waals surface area contributed by atoms with Gasteiger partial charge in [-0.25, -0.2) is 9.79 Å². The molecule has 0 fully saturated rings. The Balaban J connectivity index is 2.51. The molecule has 0 bridgehead atoms. The molecule has 2 heterocycles. The maximum atomic E-state index is 12.3. The smallest absolute Gasteiger partial charge is 0.433 e. The molecule has 0 saturated carbocycles. The second kappa shape index (κ2) is 6.86. The Labute approximate surface area is 137 Å². The van der Waals surface area contributed by atoms with Crippen LogP contribution < -0.4 is 0 Å². The van der Waals surface area contributed by atoms with E-state index in [1.807, 2.05) is 6.26 Å². The van der Waals surface area contributed by atoms with E-state index in [1.54, 1.807) is 25.8 Å². The number of allylic oxidation sites excluding steroid dienone is 1. The zero-order valence-corrected chi connectivity index (χ0v) is 14.0. The van der Waals surface area contributed by atoms with E-state index >= 15 is 0 Å². The van der Waals surface area contributed by atoms with Gasteiger partial charge in [0.05, 0.1) is 18.2 Å². The molecule has 124 valence electrons. The van der Waals surface area contributed by atoms with Gasteiger partial charge >= 0.3 is 11.9 Å². The number of hydrogen-bond donors (Lipinski definition) is 0. The molecule has 8 nitrogen and oxygen atoms in total. The van der Waals surface area contributed by atoms with Gasteiger partial charge in [-0.3, -0.25) is 10.1 Å². The first-order valence-corrected chi connectivity index (χ1v) is 8.10. The van der Waals surface area contributed by atoms with Crippen molar-refractivity contribution in [2.45, 2.75) is 19.9 Å². The van der Waals surface area contributed by atoms with Crippen LogP contribution in [0, 0.1) is 10.1 Å². The Morgan fingerprint density at radius 1 is 1.57 bits per heavy atom. The van der Waals surface area contributed by atoms with Crippen LogP contribution in [-0.2, 0) is 9.53 Å². The number of thioether (sulfide) groups is 1. The van der Waals surface area contributed by atoms with Crippen molar-refractivity contribution >= 4 is 28.8 Å². The van der Waals surface area contributed by atoms with Crippen LogP contribution >= 0.6 is 11.8 Å². The molecule has 9 heteroatoms. The number of nitrogens with zero attached hydrogens (tertiary/aromatic N) is 3.